The van der Waals surface area contributed by atoms with Crippen LogP contribution in [0.4, 0.5) is 13.2 Å². The number of halogens is 6. The van der Waals surface area contributed by atoms with Crippen LogP contribution in [-0.4, -0.2) is 15.0 Å². The van der Waals surface area contributed by atoms with E-state index >= 15 is 0 Å². The molecule has 0 amide bonds. The van der Waals surface area contributed by atoms with E-state index in [9.17, 15) is 13.2 Å². The first-order valence-electron chi connectivity index (χ1n) is 3.52. The summed E-state index contributed by atoms with van der Waals surface area (Å²) in [6.07, 6.45) is 0. The zero-order valence-corrected chi connectivity index (χ0v) is 11.6. The van der Waals surface area contributed by atoms with Gasteiger partial charge < -0.3 is 0 Å². The summed E-state index contributed by atoms with van der Waals surface area (Å²) in [6.45, 7) is 0. The Bertz CT molecular complexity index is 283. The highest BCUT2D eigenvalue weighted by molar-refractivity contribution is 9.09. The predicted molar refractivity (Wildman–Crippen MR) is 58.2 cm³/mol. The minimum atomic E-state index is -1.70. The van der Waals surface area contributed by atoms with Crippen LogP contribution < -0.4 is 0 Å². The van der Waals surface area contributed by atoms with Gasteiger partial charge in [0.15, 0.2) is 17.5 Å². The summed E-state index contributed by atoms with van der Waals surface area (Å²) in [4.78, 5) is 10.4. The van der Waals surface area contributed by atoms with E-state index in [0.29, 0.717) is 0 Å². The summed E-state index contributed by atoms with van der Waals surface area (Å²) < 4.78 is 38.4. The molecule has 0 aromatic carbocycles. The normalized spacial score (nSPS) is 17.2. The van der Waals surface area contributed by atoms with E-state index in [4.69, 9.17) is 0 Å². The van der Waals surface area contributed by atoms with E-state index in [1.807, 2.05) is 0 Å². The van der Waals surface area contributed by atoms with Crippen LogP contribution in [-0.2, 0) is 0 Å². The van der Waals surface area contributed by atoms with Crippen molar-refractivity contribution < 1.29 is 13.2 Å². The molecule has 0 bridgehead atoms. The highest BCUT2D eigenvalue weighted by Crippen LogP contribution is 2.28. The van der Waals surface area contributed by atoms with Crippen LogP contribution in [0.2, 0.25) is 0 Å². The Morgan fingerprint density at radius 2 is 0.867 bits per heavy atom. The molecule has 0 radical (unpaired) electrons. The number of aromatic nitrogens is 3. The zero-order valence-electron chi connectivity index (χ0n) is 6.84. The molecule has 1 heterocycles. The Kier molecular flexibility index (Phi) is 4.91. The Morgan fingerprint density at radius 3 is 1.00 bits per heavy atom. The molecular weight excluding hydrogens is 411 g/mol. The van der Waals surface area contributed by atoms with Gasteiger partial charge in [0.05, 0.1) is 0 Å². The van der Waals surface area contributed by atoms with E-state index in [2.05, 4.69) is 62.7 Å². The molecule has 3 atom stereocenters. The summed E-state index contributed by atoms with van der Waals surface area (Å²) in [5, 5.41) is -5.10. The molecule has 1 aromatic rings. The van der Waals surface area contributed by atoms with Gasteiger partial charge in [0.2, 0.25) is 15.2 Å². The van der Waals surface area contributed by atoms with Crippen molar-refractivity contribution in [3.63, 3.8) is 0 Å². The van der Waals surface area contributed by atoms with Gasteiger partial charge in [0.1, 0.15) is 0 Å². The topological polar surface area (TPSA) is 38.7 Å². The summed E-state index contributed by atoms with van der Waals surface area (Å²) in [5.74, 6) is -1.13. The Balaban J connectivity index is 3.20. The third-order valence-corrected chi connectivity index (χ3v) is 2.50. The predicted octanol–water partition coefficient (Wildman–Crippen LogP) is 3.96. The molecule has 0 saturated heterocycles. The molecule has 0 spiro atoms. The Labute approximate surface area is 108 Å². The van der Waals surface area contributed by atoms with Gasteiger partial charge in [-0.05, 0) is 47.8 Å². The fraction of sp³-hybridized carbons (Fsp3) is 0.500. The SMILES string of the molecule is F[C@H](Br)c1nc([C@H](F)Br)nc([C@@H](F)Br)n1. The van der Waals surface area contributed by atoms with Gasteiger partial charge in [-0.15, -0.1) is 0 Å². The van der Waals surface area contributed by atoms with Crippen molar-refractivity contribution >= 4 is 47.8 Å². The van der Waals surface area contributed by atoms with E-state index in [1.165, 1.54) is 0 Å². The van der Waals surface area contributed by atoms with E-state index < -0.39 is 15.2 Å². The van der Waals surface area contributed by atoms with E-state index in [0.717, 1.165) is 0 Å². The van der Waals surface area contributed by atoms with Crippen LogP contribution in [0, 0.1) is 0 Å². The van der Waals surface area contributed by atoms with Crippen molar-refractivity contribution in [1.29, 1.82) is 0 Å². The lowest BCUT2D eigenvalue weighted by Gasteiger charge is -2.06. The number of alkyl halides is 6. The van der Waals surface area contributed by atoms with Gasteiger partial charge in [-0.2, -0.15) is 0 Å². The standard InChI is InChI=1S/C6H3Br3F3N3/c7-1(10)4-13-5(2(8)11)15-6(14-4)3(9)12/h1-3H/t1-,2-,3+/m0/s1. The molecule has 0 aliphatic carbocycles. The average molecular weight is 414 g/mol. The van der Waals surface area contributed by atoms with E-state index in [1.54, 1.807) is 0 Å². The molecule has 1 rings (SSSR count). The van der Waals surface area contributed by atoms with Crippen molar-refractivity contribution in [2.45, 2.75) is 15.2 Å². The van der Waals surface area contributed by atoms with Crippen molar-refractivity contribution in [3.05, 3.63) is 17.5 Å². The number of nitrogens with zero attached hydrogens (tertiary/aromatic N) is 3. The Hall–Kier alpha value is 0.240. The van der Waals surface area contributed by atoms with Crippen LogP contribution >= 0.6 is 47.8 Å². The van der Waals surface area contributed by atoms with Gasteiger partial charge in [-0.3, -0.25) is 0 Å². The van der Waals surface area contributed by atoms with E-state index in [-0.39, 0.29) is 17.5 Å². The number of rotatable bonds is 3. The third-order valence-electron chi connectivity index (χ3n) is 1.27. The fourth-order valence-corrected chi connectivity index (χ4v) is 1.33. The Morgan fingerprint density at radius 1 is 0.667 bits per heavy atom. The van der Waals surface area contributed by atoms with Crippen molar-refractivity contribution in [2.75, 3.05) is 0 Å². The van der Waals surface area contributed by atoms with Crippen LogP contribution in [0.15, 0.2) is 0 Å². The minimum absolute atomic E-state index is 0.376. The largest absolute Gasteiger partial charge is 0.226 e. The van der Waals surface area contributed by atoms with Crippen molar-refractivity contribution in [1.82, 2.24) is 15.0 Å². The molecule has 15 heavy (non-hydrogen) atoms. The summed E-state index contributed by atoms with van der Waals surface area (Å²) in [5.41, 5.74) is 0. The molecule has 0 aliphatic heterocycles. The zero-order chi connectivity index (χ0) is 11.6. The molecule has 1 aromatic heterocycles. The lowest BCUT2D eigenvalue weighted by molar-refractivity contribution is 0.411. The molecule has 0 aliphatic rings. The molecule has 0 N–H and O–H groups in total. The van der Waals surface area contributed by atoms with Crippen molar-refractivity contribution in [3.8, 4) is 0 Å². The molecule has 0 saturated carbocycles. The second-order valence-electron chi connectivity index (χ2n) is 2.31. The van der Waals surface area contributed by atoms with Gasteiger partial charge >= 0.3 is 0 Å². The smallest absolute Gasteiger partial charge is 0.214 e. The lowest BCUT2D eigenvalue weighted by atomic mass is 10.5. The first kappa shape index (κ1) is 13.3. The molecular formula is C6H3Br3F3N3. The first-order chi connectivity index (χ1) is 6.91. The quantitative estimate of drug-likeness (QED) is 0.704. The molecule has 84 valence electrons. The lowest BCUT2D eigenvalue weighted by Crippen LogP contribution is -2.07. The van der Waals surface area contributed by atoms with Gasteiger partial charge in [0.25, 0.3) is 0 Å². The first-order valence-corrected chi connectivity index (χ1v) is 6.26. The molecule has 0 unspecified atom stereocenters. The maximum atomic E-state index is 12.8. The second-order valence-corrected chi connectivity index (χ2v) is 4.72. The fourth-order valence-electron chi connectivity index (χ4n) is 0.720. The van der Waals surface area contributed by atoms with Crippen LogP contribution in [0.3, 0.4) is 0 Å². The molecule has 0 fully saturated rings. The maximum absolute atomic E-state index is 12.8. The second kappa shape index (κ2) is 5.53. The number of hydrogen-bond donors (Lipinski definition) is 0. The average Bonchev–Trinajstić information content (AvgIpc) is 2.16. The van der Waals surface area contributed by atoms with Crippen LogP contribution in [0.5, 0.6) is 0 Å². The molecule has 3 nitrogen and oxygen atoms in total. The highest BCUT2D eigenvalue weighted by Gasteiger charge is 2.20. The van der Waals surface area contributed by atoms with Gasteiger partial charge in [0, 0.05) is 0 Å². The highest BCUT2D eigenvalue weighted by atomic mass is 79.9. The van der Waals surface area contributed by atoms with Crippen LogP contribution in [0.1, 0.15) is 32.7 Å². The van der Waals surface area contributed by atoms with Crippen LogP contribution in [0.25, 0.3) is 0 Å². The minimum Gasteiger partial charge on any atom is -0.226 e. The molecule has 9 heteroatoms. The van der Waals surface area contributed by atoms with Gasteiger partial charge in [-0.25, -0.2) is 28.1 Å². The third kappa shape index (κ3) is 3.63. The number of hydrogen-bond acceptors (Lipinski definition) is 3. The maximum Gasteiger partial charge on any atom is 0.214 e. The monoisotopic (exact) mass is 411 g/mol. The summed E-state index contributed by atoms with van der Waals surface area (Å²) >= 11 is 7.66. The van der Waals surface area contributed by atoms with Crippen molar-refractivity contribution in [2.24, 2.45) is 0 Å². The summed E-state index contributed by atoms with van der Waals surface area (Å²) in [7, 11) is 0. The van der Waals surface area contributed by atoms with Gasteiger partial charge in [-0.1, -0.05) is 0 Å². The summed E-state index contributed by atoms with van der Waals surface area (Å²) in [6, 6.07) is 0.